The minimum atomic E-state index is -0.0800. The standard InChI is InChI=1S/C47H32N4/c1-47(2)40-17-9-8-16-38(40)43-41(47)25-24-36-34-14-6-7-15-35(34)39-27-32(22-23-37(39)42(36)43)46-50-44(30-11-4-3-5-12-30)49-45(51-46)31-20-18-29(19-21-31)33-13-10-26-48-28-33/h3-28H,1-2H3. The van der Waals surface area contributed by atoms with E-state index < -0.39 is 0 Å². The summed E-state index contributed by atoms with van der Waals surface area (Å²) in [5.41, 5.74) is 10.3. The van der Waals surface area contributed by atoms with Crippen molar-refractivity contribution in [2.45, 2.75) is 19.3 Å². The molecule has 0 N–H and O–H groups in total. The molecule has 0 amide bonds. The van der Waals surface area contributed by atoms with E-state index in [2.05, 4.69) is 128 Å². The second kappa shape index (κ2) is 11.3. The molecule has 0 bridgehead atoms. The topological polar surface area (TPSA) is 51.6 Å². The van der Waals surface area contributed by atoms with Gasteiger partial charge in [0.1, 0.15) is 0 Å². The fourth-order valence-corrected chi connectivity index (χ4v) is 8.07. The number of aromatic nitrogens is 4. The first-order valence-corrected chi connectivity index (χ1v) is 17.4. The molecule has 4 heteroatoms. The van der Waals surface area contributed by atoms with E-state index in [1.54, 1.807) is 6.20 Å². The number of pyridine rings is 1. The van der Waals surface area contributed by atoms with Crippen LogP contribution in [-0.2, 0) is 5.41 Å². The van der Waals surface area contributed by atoms with E-state index >= 15 is 0 Å². The molecule has 0 saturated heterocycles. The third-order valence-corrected chi connectivity index (χ3v) is 10.6. The summed E-state index contributed by atoms with van der Waals surface area (Å²) in [6.45, 7) is 4.69. The molecule has 10 rings (SSSR count). The molecule has 4 nitrogen and oxygen atoms in total. The highest BCUT2D eigenvalue weighted by Crippen LogP contribution is 2.53. The normalized spacial score (nSPS) is 13.1. The molecule has 0 unspecified atom stereocenters. The Kier molecular flexibility index (Phi) is 6.49. The summed E-state index contributed by atoms with van der Waals surface area (Å²) < 4.78 is 0. The van der Waals surface area contributed by atoms with Crippen molar-refractivity contribution < 1.29 is 0 Å². The fraction of sp³-hybridized carbons (Fsp3) is 0.0638. The molecule has 0 saturated carbocycles. The Labute approximate surface area is 296 Å². The smallest absolute Gasteiger partial charge is 0.164 e. The SMILES string of the molecule is CC1(C)c2ccccc2-c2c1ccc1c3ccccc3c3cc(-c4nc(-c5ccccc5)nc(-c5ccc(-c6cccnc6)cc5)n4)ccc3c21. The van der Waals surface area contributed by atoms with Crippen molar-refractivity contribution in [3.63, 3.8) is 0 Å². The number of rotatable bonds is 4. The Morgan fingerprint density at radius 2 is 0.980 bits per heavy atom. The quantitative estimate of drug-likeness (QED) is 0.178. The van der Waals surface area contributed by atoms with Gasteiger partial charge in [-0.3, -0.25) is 4.98 Å². The minimum absolute atomic E-state index is 0.0800. The van der Waals surface area contributed by atoms with Gasteiger partial charge in [-0.05, 0) is 77.8 Å². The largest absolute Gasteiger partial charge is 0.264 e. The molecule has 2 heterocycles. The highest BCUT2D eigenvalue weighted by molar-refractivity contribution is 6.29. The van der Waals surface area contributed by atoms with Gasteiger partial charge >= 0.3 is 0 Å². The van der Waals surface area contributed by atoms with Gasteiger partial charge in [0.2, 0.25) is 0 Å². The Hall–Kier alpha value is -6.52. The summed E-state index contributed by atoms with van der Waals surface area (Å²) in [4.78, 5) is 19.5. The van der Waals surface area contributed by atoms with Crippen LogP contribution < -0.4 is 0 Å². The Balaban J connectivity index is 1.20. The molecule has 1 aliphatic rings. The third kappa shape index (κ3) is 4.60. The van der Waals surface area contributed by atoms with Crippen molar-refractivity contribution in [1.29, 1.82) is 0 Å². The van der Waals surface area contributed by atoms with E-state index in [-0.39, 0.29) is 5.41 Å². The molecule has 2 aromatic heterocycles. The highest BCUT2D eigenvalue weighted by Gasteiger charge is 2.36. The average molecular weight is 653 g/mol. The van der Waals surface area contributed by atoms with Gasteiger partial charge in [-0.2, -0.15) is 0 Å². The van der Waals surface area contributed by atoms with Crippen LogP contribution in [0.4, 0.5) is 0 Å². The van der Waals surface area contributed by atoms with E-state index in [1.807, 2.05) is 42.6 Å². The van der Waals surface area contributed by atoms with Gasteiger partial charge in [-0.25, -0.2) is 15.0 Å². The molecule has 9 aromatic rings. The zero-order valence-corrected chi connectivity index (χ0v) is 28.3. The molecule has 7 aromatic carbocycles. The summed E-state index contributed by atoms with van der Waals surface area (Å²) in [6.07, 6.45) is 3.67. The van der Waals surface area contributed by atoms with Crippen LogP contribution in [0.15, 0.2) is 158 Å². The maximum atomic E-state index is 5.12. The maximum Gasteiger partial charge on any atom is 0.164 e. The lowest BCUT2D eigenvalue weighted by Gasteiger charge is -2.22. The van der Waals surface area contributed by atoms with Gasteiger partial charge < -0.3 is 0 Å². The Morgan fingerprint density at radius 1 is 0.412 bits per heavy atom. The fourth-order valence-electron chi connectivity index (χ4n) is 8.07. The molecular formula is C47H32N4. The van der Waals surface area contributed by atoms with Gasteiger partial charge in [0.25, 0.3) is 0 Å². The minimum Gasteiger partial charge on any atom is -0.264 e. The van der Waals surface area contributed by atoms with Crippen molar-refractivity contribution >= 4 is 32.3 Å². The first-order valence-electron chi connectivity index (χ1n) is 17.4. The number of hydrogen-bond acceptors (Lipinski definition) is 4. The maximum absolute atomic E-state index is 5.12. The molecule has 0 atom stereocenters. The molecule has 51 heavy (non-hydrogen) atoms. The lowest BCUT2D eigenvalue weighted by atomic mass is 9.81. The van der Waals surface area contributed by atoms with Gasteiger partial charge in [0.05, 0.1) is 0 Å². The summed E-state index contributed by atoms with van der Waals surface area (Å²) in [5.74, 6) is 1.93. The van der Waals surface area contributed by atoms with Crippen molar-refractivity contribution in [2.75, 3.05) is 0 Å². The zero-order valence-electron chi connectivity index (χ0n) is 28.3. The molecule has 0 radical (unpaired) electrons. The second-order valence-corrected chi connectivity index (χ2v) is 13.9. The predicted molar refractivity (Wildman–Crippen MR) is 209 cm³/mol. The number of hydrogen-bond donors (Lipinski definition) is 0. The van der Waals surface area contributed by atoms with Crippen molar-refractivity contribution in [3.05, 3.63) is 169 Å². The van der Waals surface area contributed by atoms with Crippen molar-refractivity contribution in [1.82, 2.24) is 19.9 Å². The average Bonchev–Trinajstić information content (AvgIpc) is 3.44. The molecule has 1 aliphatic carbocycles. The zero-order chi connectivity index (χ0) is 34.1. The van der Waals surface area contributed by atoms with E-state index in [4.69, 9.17) is 15.0 Å². The van der Waals surface area contributed by atoms with E-state index in [1.165, 1.54) is 54.6 Å². The van der Waals surface area contributed by atoms with Crippen LogP contribution in [0.3, 0.4) is 0 Å². The van der Waals surface area contributed by atoms with Crippen molar-refractivity contribution in [3.8, 4) is 56.4 Å². The summed E-state index contributed by atoms with van der Waals surface area (Å²) >= 11 is 0. The molecule has 0 fully saturated rings. The van der Waals surface area contributed by atoms with Gasteiger partial charge in [-0.15, -0.1) is 0 Å². The van der Waals surface area contributed by atoms with E-state index in [0.29, 0.717) is 17.5 Å². The molecule has 0 aliphatic heterocycles. The summed E-state index contributed by atoms with van der Waals surface area (Å²) in [6, 6.07) is 51.6. The van der Waals surface area contributed by atoms with Gasteiger partial charge in [0.15, 0.2) is 17.5 Å². The van der Waals surface area contributed by atoms with Crippen LogP contribution in [0.5, 0.6) is 0 Å². The van der Waals surface area contributed by atoms with Crippen molar-refractivity contribution in [2.24, 2.45) is 0 Å². The van der Waals surface area contributed by atoms with Crippen LogP contribution in [-0.4, -0.2) is 19.9 Å². The molecule has 0 spiro atoms. The van der Waals surface area contributed by atoms with Crippen LogP contribution in [0.2, 0.25) is 0 Å². The number of benzene rings is 7. The van der Waals surface area contributed by atoms with Gasteiger partial charge in [-0.1, -0.05) is 147 Å². The first-order chi connectivity index (χ1) is 25.0. The summed E-state index contributed by atoms with van der Waals surface area (Å²) in [7, 11) is 0. The first kappa shape index (κ1) is 29.4. The second-order valence-electron chi connectivity index (χ2n) is 13.9. The van der Waals surface area contributed by atoms with Crippen LogP contribution >= 0.6 is 0 Å². The highest BCUT2D eigenvalue weighted by atomic mass is 15.0. The molecular weight excluding hydrogens is 621 g/mol. The third-order valence-electron chi connectivity index (χ3n) is 10.6. The van der Waals surface area contributed by atoms with E-state index in [0.717, 1.165) is 27.8 Å². The van der Waals surface area contributed by atoms with Gasteiger partial charge in [0, 0.05) is 34.5 Å². The number of nitrogens with zero attached hydrogens (tertiary/aromatic N) is 4. The molecule has 240 valence electrons. The van der Waals surface area contributed by atoms with Crippen LogP contribution in [0, 0.1) is 0 Å². The Morgan fingerprint density at radius 3 is 1.73 bits per heavy atom. The van der Waals surface area contributed by atoms with Crippen LogP contribution in [0.25, 0.3) is 88.7 Å². The lowest BCUT2D eigenvalue weighted by molar-refractivity contribution is 0.661. The lowest BCUT2D eigenvalue weighted by Crippen LogP contribution is -2.14. The predicted octanol–water partition coefficient (Wildman–Crippen LogP) is 11.7. The monoisotopic (exact) mass is 652 g/mol. The Bertz CT molecular complexity index is 2810. The summed E-state index contributed by atoms with van der Waals surface area (Å²) in [5, 5.41) is 7.48. The van der Waals surface area contributed by atoms with Crippen LogP contribution in [0.1, 0.15) is 25.0 Å². The van der Waals surface area contributed by atoms with E-state index in [9.17, 15) is 0 Å². The number of fused-ring (bicyclic) bond motifs is 10.